The third kappa shape index (κ3) is 3.88. The Balaban J connectivity index is 2.01. The van der Waals surface area contributed by atoms with E-state index in [1.54, 1.807) is 18.2 Å². The van der Waals surface area contributed by atoms with Gasteiger partial charge in [0.15, 0.2) is 0 Å². The van der Waals surface area contributed by atoms with Crippen LogP contribution in [-0.4, -0.2) is 26.9 Å². The largest absolute Gasteiger partial charge is 0.327 e. The van der Waals surface area contributed by atoms with E-state index in [1.165, 1.54) is 17.0 Å². The first-order chi connectivity index (χ1) is 13.1. The molecular weight excluding hydrogens is 365 g/mol. The fourth-order valence-electron chi connectivity index (χ4n) is 3.13. The van der Waals surface area contributed by atoms with Crippen molar-refractivity contribution in [3.63, 3.8) is 0 Å². The summed E-state index contributed by atoms with van der Waals surface area (Å²) in [4.78, 5) is 19.1. The minimum Gasteiger partial charge on any atom is -0.327 e. The second-order valence-corrected chi connectivity index (χ2v) is 6.65. The van der Waals surface area contributed by atoms with Crippen molar-refractivity contribution in [2.24, 2.45) is 0 Å². The smallest absolute Gasteiger partial charge is 0.257 e. The normalized spacial score (nSPS) is 10.9. The van der Waals surface area contributed by atoms with Crippen LogP contribution in [0, 0.1) is 5.82 Å². The van der Waals surface area contributed by atoms with E-state index in [2.05, 4.69) is 18.5 Å². The number of nitrogens with zero attached hydrogens (tertiary/aromatic N) is 3. The molecule has 27 heavy (non-hydrogen) atoms. The van der Waals surface area contributed by atoms with Gasteiger partial charge in [-0.05, 0) is 30.7 Å². The SMILES string of the molecule is C=CCN(Cc1nc2cccc(Cl)c2n1CCC)C(=O)c1ccccc1F. The van der Waals surface area contributed by atoms with Gasteiger partial charge in [-0.15, -0.1) is 6.58 Å². The predicted molar refractivity (Wildman–Crippen MR) is 106 cm³/mol. The molecule has 0 unspecified atom stereocenters. The molecular formula is C21H21ClFN3O. The van der Waals surface area contributed by atoms with E-state index < -0.39 is 11.7 Å². The molecule has 2 aromatic carbocycles. The Morgan fingerprint density at radius 1 is 1.30 bits per heavy atom. The summed E-state index contributed by atoms with van der Waals surface area (Å²) in [5.41, 5.74) is 1.67. The van der Waals surface area contributed by atoms with Crippen LogP contribution < -0.4 is 0 Å². The van der Waals surface area contributed by atoms with Crippen molar-refractivity contribution in [1.82, 2.24) is 14.5 Å². The fourth-order valence-corrected chi connectivity index (χ4v) is 3.40. The minimum atomic E-state index is -0.540. The molecule has 3 aromatic rings. The van der Waals surface area contributed by atoms with Crippen molar-refractivity contribution in [2.45, 2.75) is 26.4 Å². The highest BCUT2D eigenvalue weighted by Gasteiger charge is 2.21. The van der Waals surface area contributed by atoms with Crippen molar-refractivity contribution in [2.75, 3.05) is 6.54 Å². The second kappa shape index (κ2) is 8.35. The molecule has 0 atom stereocenters. The van der Waals surface area contributed by atoms with Crippen LogP contribution in [0.25, 0.3) is 11.0 Å². The van der Waals surface area contributed by atoms with Crippen molar-refractivity contribution < 1.29 is 9.18 Å². The maximum atomic E-state index is 14.1. The summed E-state index contributed by atoms with van der Waals surface area (Å²) >= 11 is 6.38. The molecule has 0 N–H and O–H groups in total. The lowest BCUT2D eigenvalue weighted by Gasteiger charge is -2.22. The Morgan fingerprint density at radius 2 is 2.07 bits per heavy atom. The van der Waals surface area contributed by atoms with Crippen LogP contribution in [0.15, 0.2) is 55.1 Å². The van der Waals surface area contributed by atoms with Crippen LogP contribution in [0.1, 0.15) is 29.5 Å². The van der Waals surface area contributed by atoms with E-state index >= 15 is 0 Å². The summed E-state index contributed by atoms with van der Waals surface area (Å²) in [6.07, 6.45) is 2.52. The molecule has 1 heterocycles. The number of carbonyl (C=O) groups excluding carboxylic acids is 1. The summed E-state index contributed by atoms with van der Waals surface area (Å²) in [5.74, 6) is -0.220. The third-order valence-electron chi connectivity index (χ3n) is 4.32. The molecule has 1 aromatic heterocycles. The zero-order valence-electron chi connectivity index (χ0n) is 15.2. The standard InChI is InChI=1S/C21H21ClFN3O/c1-3-12-25(21(27)15-8-5-6-10-17(15)23)14-19-24-18-11-7-9-16(22)20(18)26(19)13-4-2/h3,5-11H,1,4,12-14H2,2H3. The van der Waals surface area contributed by atoms with Crippen LogP contribution in [0.2, 0.25) is 5.02 Å². The number of benzene rings is 2. The minimum absolute atomic E-state index is 0.0375. The summed E-state index contributed by atoms with van der Waals surface area (Å²) in [7, 11) is 0. The molecule has 0 spiro atoms. The molecule has 0 saturated carbocycles. The lowest BCUT2D eigenvalue weighted by atomic mass is 10.2. The van der Waals surface area contributed by atoms with Gasteiger partial charge in [0, 0.05) is 13.1 Å². The van der Waals surface area contributed by atoms with Gasteiger partial charge >= 0.3 is 0 Å². The maximum absolute atomic E-state index is 14.1. The molecule has 0 bridgehead atoms. The first-order valence-corrected chi connectivity index (χ1v) is 9.23. The van der Waals surface area contributed by atoms with E-state index in [9.17, 15) is 9.18 Å². The zero-order valence-corrected chi connectivity index (χ0v) is 15.9. The van der Waals surface area contributed by atoms with E-state index in [0.717, 1.165) is 24.0 Å². The lowest BCUT2D eigenvalue weighted by molar-refractivity contribution is 0.0752. The van der Waals surface area contributed by atoms with Gasteiger partial charge in [0.2, 0.25) is 0 Å². The van der Waals surface area contributed by atoms with Gasteiger partial charge in [-0.2, -0.15) is 0 Å². The van der Waals surface area contributed by atoms with Crippen molar-refractivity contribution in [3.8, 4) is 0 Å². The lowest BCUT2D eigenvalue weighted by Crippen LogP contribution is -2.32. The molecule has 0 aliphatic rings. The Hall–Kier alpha value is -2.66. The maximum Gasteiger partial charge on any atom is 0.257 e. The highest BCUT2D eigenvalue weighted by atomic mass is 35.5. The topological polar surface area (TPSA) is 38.1 Å². The summed E-state index contributed by atoms with van der Waals surface area (Å²) < 4.78 is 16.1. The van der Waals surface area contributed by atoms with Crippen molar-refractivity contribution in [1.29, 1.82) is 0 Å². The molecule has 6 heteroatoms. The monoisotopic (exact) mass is 385 g/mol. The number of halogens is 2. The number of carbonyl (C=O) groups is 1. The van der Waals surface area contributed by atoms with E-state index in [1.807, 2.05) is 22.8 Å². The number of aryl methyl sites for hydroxylation is 1. The zero-order chi connectivity index (χ0) is 19.4. The Kier molecular flexibility index (Phi) is 5.91. The molecule has 0 aliphatic carbocycles. The van der Waals surface area contributed by atoms with Gasteiger partial charge in [-0.3, -0.25) is 4.79 Å². The quantitative estimate of drug-likeness (QED) is 0.533. The van der Waals surface area contributed by atoms with Crippen LogP contribution in [0.3, 0.4) is 0 Å². The number of aromatic nitrogens is 2. The number of hydrogen-bond acceptors (Lipinski definition) is 2. The highest BCUT2D eigenvalue weighted by Crippen LogP contribution is 2.26. The third-order valence-corrected chi connectivity index (χ3v) is 4.62. The van der Waals surface area contributed by atoms with Crippen LogP contribution in [0.5, 0.6) is 0 Å². The van der Waals surface area contributed by atoms with Crippen molar-refractivity contribution in [3.05, 3.63) is 77.3 Å². The molecule has 0 aliphatic heterocycles. The number of imidazole rings is 1. The Morgan fingerprint density at radius 3 is 2.78 bits per heavy atom. The van der Waals surface area contributed by atoms with Gasteiger partial charge in [-0.1, -0.05) is 42.8 Å². The molecule has 0 fully saturated rings. The predicted octanol–water partition coefficient (Wildman–Crippen LogP) is 5.07. The average Bonchev–Trinajstić information content (AvgIpc) is 3.00. The van der Waals surface area contributed by atoms with Gasteiger partial charge in [0.05, 0.1) is 28.2 Å². The fraction of sp³-hybridized carbons (Fsp3) is 0.238. The highest BCUT2D eigenvalue weighted by molar-refractivity contribution is 6.35. The van der Waals surface area contributed by atoms with Gasteiger partial charge in [0.1, 0.15) is 11.6 Å². The number of hydrogen-bond donors (Lipinski definition) is 0. The first-order valence-electron chi connectivity index (χ1n) is 8.85. The average molecular weight is 386 g/mol. The van der Waals surface area contributed by atoms with E-state index in [-0.39, 0.29) is 18.7 Å². The van der Waals surface area contributed by atoms with Gasteiger partial charge in [0.25, 0.3) is 5.91 Å². The molecule has 0 saturated heterocycles. The van der Waals surface area contributed by atoms with Crippen LogP contribution in [-0.2, 0) is 13.1 Å². The van der Waals surface area contributed by atoms with E-state index in [4.69, 9.17) is 11.6 Å². The molecule has 140 valence electrons. The van der Waals surface area contributed by atoms with Gasteiger partial charge in [-0.25, -0.2) is 9.37 Å². The van der Waals surface area contributed by atoms with Crippen LogP contribution >= 0.6 is 11.6 Å². The van der Waals surface area contributed by atoms with E-state index in [0.29, 0.717) is 10.8 Å². The Bertz CT molecular complexity index is 983. The molecule has 3 rings (SSSR count). The first kappa shape index (κ1) is 19.1. The second-order valence-electron chi connectivity index (χ2n) is 6.24. The number of amides is 1. The Labute approximate surface area is 162 Å². The number of rotatable bonds is 7. The van der Waals surface area contributed by atoms with Gasteiger partial charge < -0.3 is 9.47 Å². The molecule has 1 amide bonds. The van der Waals surface area contributed by atoms with Crippen LogP contribution in [0.4, 0.5) is 4.39 Å². The molecule has 4 nitrogen and oxygen atoms in total. The summed E-state index contributed by atoms with van der Waals surface area (Å²) in [5, 5.41) is 0.621. The summed E-state index contributed by atoms with van der Waals surface area (Å²) in [6.45, 7) is 7.04. The number of para-hydroxylation sites is 1. The summed E-state index contributed by atoms with van der Waals surface area (Å²) in [6, 6.07) is 11.6. The molecule has 0 radical (unpaired) electrons. The van der Waals surface area contributed by atoms with Crippen molar-refractivity contribution >= 4 is 28.5 Å². The number of fused-ring (bicyclic) bond motifs is 1.